The fourth-order valence-corrected chi connectivity index (χ4v) is 4.16. The van der Waals surface area contributed by atoms with Crippen molar-refractivity contribution in [1.82, 2.24) is 10.6 Å². The van der Waals surface area contributed by atoms with E-state index in [-0.39, 0.29) is 54.7 Å². The van der Waals surface area contributed by atoms with E-state index < -0.39 is 21.6 Å². The lowest BCUT2D eigenvalue weighted by molar-refractivity contribution is -0.137. The molecule has 1 saturated heterocycles. The van der Waals surface area contributed by atoms with Crippen LogP contribution >= 0.6 is 24.0 Å². The number of nitrogens with one attached hydrogen (secondary N) is 2. The average molecular weight is 521 g/mol. The molecule has 0 saturated carbocycles. The largest absolute Gasteiger partial charge is 0.492 e. The van der Waals surface area contributed by atoms with Crippen molar-refractivity contribution in [2.45, 2.75) is 25.6 Å². The minimum Gasteiger partial charge on any atom is -0.492 e. The normalized spacial score (nSPS) is 19.3. The number of aliphatic imine (C=N–C) groups is 1. The van der Waals surface area contributed by atoms with E-state index >= 15 is 0 Å². The second kappa shape index (κ2) is 10.3. The number of nitrogens with zero attached hydrogens (tertiary/aromatic N) is 1. The number of hydrogen-bond acceptors (Lipinski definition) is 4. The van der Waals surface area contributed by atoms with Crippen molar-refractivity contribution < 1.29 is 26.3 Å². The van der Waals surface area contributed by atoms with Gasteiger partial charge in [-0.3, -0.25) is 0 Å². The molecule has 0 aliphatic carbocycles. The molecule has 27 heavy (non-hydrogen) atoms. The Kier molecular flexibility index (Phi) is 9.12. The highest BCUT2D eigenvalue weighted by Gasteiger charge is 2.30. The molecule has 1 fully saturated rings. The fraction of sp³-hybridized carbons (Fsp3) is 0.562. The van der Waals surface area contributed by atoms with Gasteiger partial charge >= 0.3 is 6.18 Å². The number of rotatable bonds is 6. The third-order valence-corrected chi connectivity index (χ3v) is 5.50. The van der Waals surface area contributed by atoms with Crippen LogP contribution in [0.25, 0.3) is 0 Å². The van der Waals surface area contributed by atoms with Gasteiger partial charge in [0.15, 0.2) is 15.8 Å². The number of guanidine groups is 1. The van der Waals surface area contributed by atoms with Crippen molar-refractivity contribution in [3.8, 4) is 5.75 Å². The second-order valence-corrected chi connectivity index (χ2v) is 8.10. The van der Waals surface area contributed by atoms with E-state index in [1.807, 2.05) is 6.92 Å². The van der Waals surface area contributed by atoms with E-state index in [2.05, 4.69) is 15.6 Å². The van der Waals surface area contributed by atoms with Gasteiger partial charge in [-0.1, -0.05) is 0 Å². The fourth-order valence-electron chi connectivity index (χ4n) is 2.48. The van der Waals surface area contributed by atoms with Gasteiger partial charge in [0.25, 0.3) is 0 Å². The monoisotopic (exact) mass is 521 g/mol. The Balaban J connectivity index is 0.00000364. The predicted octanol–water partition coefficient (Wildman–Crippen LogP) is 2.44. The van der Waals surface area contributed by atoms with Gasteiger partial charge in [0.2, 0.25) is 0 Å². The summed E-state index contributed by atoms with van der Waals surface area (Å²) in [5.41, 5.74) is -0.729. The van der Waals surface area contributed by atoms with E-state index in [9.17, 15) is 21.6 Å². The molecule has 0 bridgehead atoms. The molecule has 11 heteroatoms. The van der Waals surface area contributed by atoms with Crippen LogP contribution in [0.3, 0.4) is 0 Å². The van der Waals surface area contributed by atoms with Gasteiger partial charge in [-0.2, -0.15) is 13.2 Å². The standard InChI is InChI=1S/C16H22F3N3O3S.HI/c1-2-20-15(22-13-7-10-26(23,24)11-13)21-8-9-25-14-5-3-12(4-6-14)16(17,18)19;/h3-6,13H,2,7-11H2,1H3,(H2,20,21,22);1H. The Labute approximate surface area is 173 Å². The Morgan fingerprint density at radius 1 is 1.30 bits per heavy atom. The maximum absolute atomic E-state index is 12.5. The SMILES string of the molecule is CCNC(=NCCOc1ccc(C(F)(F)F)cc1)NC1CCS(=O)(=O)C1.I. The Hall–Kier alpha value is -1.24. The van der Waals surface area contributed by atoms with Crippen molar-refractivity contribution in [3.05, 3.63) is 29.8 Å². The summed E-state index contributed by atoms with van der Waals surface area (Å²) in [4.78, 5) is 4.29. The van der Waals surface area contributed by atoms with E-state index in [0.717, 1.165) is 12.1 Å². The zero-order valence-corrected chi connectivity index (χ0v) is 17.9. The van der Waals surface area contributed by atoms with Gasteiger partial charge in [0.1, 0.15) is 12.4 Å². The predicted molar refractivity (Wildman–Crippen MR) is 109 cm³/mol. The minimum absolute atomic E-state index is 0. The number of halogens is 4. The van der Waals surface area contributed by atoms with E-state index in [1.54, 1.807) is 0 Å². The van der Waals surface area contributed by atoms with E-state index in [0.29, 0.717) is 24.7 Å². The van der Waals surface area contributed by atoms with Crippen LogP contribution in [0.4, 0.5) is 13.2 Å². The first kappa shape index (κ1) is 23.8. The molecule has 0 spiro atoms. The first-order valence-corrected chi connectivity index (χ1v) is 10.1. The van der Waals surface area contributed by atoms with E-state index in [4.69, 9.17) is 4.74 Å². The lowest BCUT2D eigenvalue weighted by atomic mass is 10.2. The lowest BCUT2D eigenvalue weighted by Gasteiger charge is -2.16. The highest BCUT2D eigenvalue weighted by atomic mass is 127. The number of sulfone groups is 1. The minimum atomic E-state index is -4.37. The van der Waals surface area contributed by atoms with Crippen LogP contribution in [-0.2, 0) is 16.0 Å². The molecule has 1 aliphatic rings. The summed E-state index contributed by atoms with van der Waals surface area (Å²) in [5.74, 6) is 1.07. The molecule has 1 heterocycles. The molecule has 0 radical (unpaired) electrons. The van der Waals surface area contributed by atoms with Crippen LogP contribution in [0, 0.1) is 0 Å². The average Bonchev–Trinajstić information content (AvgIpc) is 2.90. The molecule has 0 aromatic heterocycles. The number of ether oxygens (including phenoxy) is 1. The van der Waals surface area contributed by atoms with Crippen LogP contribution in [0.15, 0.2) is 29.3 Å². The summed E-state index contributed by atoms with van der Waals surface area (Å²) in [6.07, 6.45) is -3.84. The highest BCUT2D eigenvalue weighted by molar-refractivity contribution is 14.0. The van der Waals surface area contributed by atoms with Crippen molar-refractivity contribution >= 4 is 39.8 Å². The van der Waals surface area contributed by atoms with Gasteiger partial charge in [-0.25, -0.2) is 13.4 Å². The Morgan fingerprint density at radius 3 is 2.48 bits per heavy atom. The molecule has 6 nitrogen and oxygen atoms in total. The van der Waals surface area contributed by atoms with Crippen LogP contribution < -0.4 is 15.4 Å². The quantitative estimate of drug-likeness (QED) is 0.260. The molecule has 0 amide bonds. The van der Waals surface area contributed by atoms with Crippen molar-refractivity contribution in [2.24, 2.45) is 4.99 Å². The molecule has 2 N–H and O–H groups in total. The summed E-state index contributed by atoms with van der Waals surface area (Å²) in [5, 5.41) is 6.10. The molecule has 1 aromatic carbocycles. The van der Waals surface area contributed by atoms with Crippen LogP contribution in [0.1, 0.15) is 18.9 Å². The summed E-state index contributed by atoms with van der Waals surface area (Å²) in [6.45, 7) is 2.97. The van der Waals surface area contributed by atoms with E-state index in [1.165, 1.54) is 12.1 Å². The van der Waals surface area contributed by atoms with Gasteiger partial charge in [-0.05, 0) is 37.6 Å². The molecule has 1 aromatic rings. The molecule has 1 aliphatic heterocycles. The van der Waals surface area contributed by atoms with Crippen molar-refractivity contribution in [1.29, 1.82) is 0 Å². The van der Waals surface area contributed by atoms with Crippen LogP contribution in [0.5, 0.6) is 5.75 Å². The molecular weight excluding hydrogens is 498 g/mol. The number of benzene rings is 1. The van der Waals surface area contributed by atoms with Crippen molar-refractivity contribution in [3.63, 3.8) is 0 Å². The number of alkyl halides is 3. The summed E-state index contributed by atoms with van der Waals surface area (Å²) in [6, 6.07) is 4.28. The maximum Gasteiger partial charge on any atom is 0.416 e. The topological polar surface area (TPSA) is 79.8 Å². The van der Waals surface area contributed by atoms with Gasteiger partial charge in [0, 0.05) is 12.6 Å². The zero-order chi connectivity index (χ0) is 19.2. The van der Waals surface area contributed by atoms with Crippen molar-refractivity contribution in [2.75, 3.05) is 31.2 Å². The molecule has 154 valence electrons. The highest BCUT2D eigenvalue weighted by Crippen LogP contribution is 2.30. The smallest absolute Gasteiger partial charge is 0.416 e. The lowest BCUT2D eigenvalue weighted by Crippen LogP contribution is -2.44. The summed E-state index contributed by atoms with van der Waals surface area (Å²) >= 11 is 0. The Morgan fingerprint density at radius 2 is 1.96 bits per heavy atom. The first-order valence-electron chi connectivity index (χ1n) is 8.25. The van der Waals surface area contributed by atoms with Crippen LogP contribution in [-0.4, -0.2) is 51.6 Å². The van der Waals surface area contributed by atoms with Gasteiger partial charge in [0.05, 0.1) is 23.6 Å². The zero-order valence-electron chi connectivity index (χ0n) is 14.8. The Bertz CT molecular complexity index is 725. The molecular formula is C16H23F3IN3O3S. The summed E-state index contributed by atoms with van der Waals surface area (Å²) in [7, 11) is -2.98. The first-order chi connectivity index (χ1) is 12.2. The molecule has 1 atom stereocenters. The third kappa shape index (κ3) is 8.11. The molecule has 1 unspecified atom stereocenters. The summed E-state index contributed by atoms with van der Waals surface area (Å²) < 4.78 is 65.8. The van der Waals surface area contributed by atoms with Gasteiger partial charge in [-0.15, -0.1) is 24.0 Å². The van der Waals surface area contributed by atoms with Crippen LogP contribution in [0.2, 0.25) is 0 Å². The number of hydrogen-bond donors (Lipinski definition) is 2. The van der Waals surface area contributed by atoms with Gasteiger partial charge < -0.3 is 15.4 Å². The molecule has 2 rings (SSSR count). The maximum atomic E-state index is 12.5. The second-order valence-electron chi connectivity index (χ2n) is 5.88. The third-order valence-electron chi connectivity index (χ3n) is 3.73.